The van der Waals surface area contributed by atoms with Crippen molar-refractivity contribution in [3.8, 4) is 0 Å². The second-order valence-electron chi connectivity index (χ2n) is 4.92. The van der Waals surface area contributed by atoms with E-state index in [-0.39, 0.29) is 5.78 Å². The van der Waals surface area contributed by atoms with Crippen LogP contribution < -0.4 is 5.73 Å². The smallest absolute Gasteiger partial charge is 0.164 e. The first kappa shape index (κ1) is 12.3. The molecular weight excluding hydrogens is 210 g/mol. The Balaban J connectivity index is 2.12. The minimum absolute atomic E-state index is 0.171. The zero-order valence-electron chi connectivity index (χ0n) is 10.3. The first-order valence-electron chi connectivity index (χ1n) is 6.64. The van der Waals surface area contributed by atoms with Crippen molar-refractivity contribution < 1.29 is 4.79 Å². The van der Waals surface area contributed by atoms with Gasteiger partial charge in [0.2, 0.25) is 0 Å². The van der Waals surface area contributed by atoms with Gasteiger partial charge in [-0.2, -0.15) is 0 Å². The molecule has 0 bridgehead atoms. The summed E-state index contributed by atoms with van der Waals surface area (Å²) in [5.74, 6) is 0.833. The van der Waals surface area contributed by atoms with E-state index in [0.29, 0.717) is 18.9 Å². The predicted molar refractivity (Wildman–Crippen MR) is 70.3 cm³/mol. The maximum atomic E-state index is 11.8. The lowest BCUT2D eigenvalue weighted by atomic mass is 9.83. The largest absolute Gasteiger partial charge is 0.330 e. The second kappa shape index (κ2) is 5.97. The SMILES string of the molecule is NCCC(=O)c1cccc(C2CCCCC2)c1. The molecule has 0 aromatic heterocycles. The van der Waals surface area contributed by atoms with Crippen molar-refractivity contribution in [1.82, 2.24) is 0 Å². The third-order valence-corrected chi connectivity index (χ3v) is 3.66. The van der Waals surface area contributed by atoms with Crippen molar-refractivity contribution in [3.63, 3.8) is 0 Å². The van der Waals surface area contributed by atoms with Crippen molar-refractivity contribution in [1.29, 1.82) is 0 Å². The molecule has 1 fully saturated rings. The number of hydrogen-bond donors (Lipinski definition) is 1. The predicted octanol–water partition coefficient (Wildman–Crippen LogP) is 3.27. The molecule has 2 heteroatoms. The summed E-state index contributed by atoms with van der Waals surface area (Å²) in [5, 5.41) is 0. The number of Topliss-reactive ketones (excluding diaryl/α,β-unsaturated/α-hetero) is 1. The Morgan fingerprint density at radius 3 is 2.71 bits per heavy atom. The molecule has 1 aromatic carbocycles. The summed E-state index contributed by atoms with van der Waals surface area (Å²) in [6.45, 7) is 0.437. The van der Waals surface area contributed by atoms with E-state index >= 15 is 0 Å². The summed E-state index contributed by atoms with van der Waals surface area (Å²) < 4.78 is 0. The van der Waals surface area contributed by atoms with Crippen LogP contribution in [-0.4, -0.2) is 12.3 Å². The van der Waals surface area contributed by atoms with E-state index < -0.39 is 0 Å². The maximum Gasteiger partial charge on any atom is 0.164 e. The molecule has 1 aromatic rings. The van der Waals surface area contributed by atoms with E-state index in [1.807, 2.05) is 12.1 Å². The first-order valence-corrected chi connectivity index (χ1v) is 6.64. The zero-order chi connectivity index (χ0) is 12.1. The highest BCUT2D eigenvalue weighted by Gasteiger charge is 2.16. The Morgan fingerprint density at radius 1 is 1.24 bits per heavy atom. The molecule has 1 aliphatic rings. The number of rotatable bonds is 4. The van der Waals surface area contributed by atoms with Crippen LogP contribution >= 0.6 is 0 Å². The van der Waals surface area contributed by atoms with Crippen LogP contribution in [0.25, 0.3) is 0 Å². The molecule has 92 valence electrons. The minimum atomic E-state index is 0.171. The number of carbonyl (C=O) groups is 1. The van der Waals surface area contributed by atoms with Gasteiger partial charge in [-0.1, -0.05) is 37.5 Å². The van der Waals surface area contributed by atoms with E-state index in [1.165, 1.54) is 37.7 Å². The van der Waals surface area contributed by atoms with Gasteiger partial charge < -0.3 is 5.73 Å². The third-order valence-electron chi connectivity index (χ3n) is 3.66. The fourth-order valence-corrected chi connectivity index (χ4v) is 2.68. The highest BCUT2D eigenvalue weighted by atomic mass is 16.1. The van der Waals surface area contributed by atoms with Crippen LogP contribution in [0.3, 0.4) is 0 Å². The fourth-order valence-electron chi connectivity index (χ4n) is 2.68. The van der Waals surface area contributed by atoms with Gasteiger partial charge in [0.25, 0.3) is 0 Å². The van der Waals surface area contributed by atoms with E-state index in [0.717, 1.165) is 5.56 Å². The first-order chi connectivity index (χ1) is 8.31. The molecule has 2 N–H and O–H groups in total. The van der Waals surface area contributed by atoms with Crippen LogP contribution in [0, 0.1) is 0 Å². The molecule has 0 radical (unpaired) electrons. The number of ketones is 1. The molecule has 0 atom stereocenters. The number of benzene rings is 1. The van der Waals surface area contributed by atoms with Gasteiger partial charge in [0.05, 0.1) is 0 Å². The Kier molecular flexibility index (Phi) is 4.32. The molecular formula is C15H21NO. The fraction of sp³-hybridized carbons (Fsp3) is 0.533. The van der Waals surface area contributed by atoms with Crippen LogP contribution in [-0.2, 0) is 0 Å². The van der Waals surface area contributed by atoms with Crippen molar-refractivity contribution in [2.75, 3.05) is 6.54 Å². The highest BCUT2D eigenvalue weighted by Crippen LogP contribution is 2.32. The van der Waals surface area contributed by atoms with Gasteiger partial charge in [0.15, 0.2) is 5.78 Å². The monoisotopic (exact) mass is 231 g/mol. The summed E-state index contributed by atoms with van der Waals surface area (Å²) in [4.78, 5) is 11.8. The van der Waals surface area contributed by atoms with Gasteiger partial charge in [-0.25, -0.2) is 0 Å². The van der Waals surface area contributed by atoms with E-state index in [1.54, 1.807) is 0 Å². The topological polar surface area (TPSA) is 43.1 Å². The lowest BCUT2D eigenvalue weighted by molar-refractivity contribution is 0.0985. The van der Waals surface area contributed by atoms with E-state index in [9.17, 15) is 4.79 Å². The van der Waals surface area contributed by atoms with Crippen LogP contribution in [0.15, 0.2) is 24.3 Å². The zero-order valence-corrected chi connectivity index (χ0v) is 10.3. The molecule has 1 saturated carbocycles. The summed E-state index contributed by atoms with van der Waals surface area (Å²) in [6.07, 6.45) is 7.01. The van der Waals surface area contributed by atoms with Crippen molar-refractivity contribution in [2.24, 2.45) is 5.73 Å². The molecule has 2 rings (SSSR count). The Labute approximate surface area is 103 Å². The van der Waals surface area contributed by atoms with Gasteiger partial charge in [-0.3, -0.25) is 4.79 Å². The van der Waals surface area contributed by atoms with Gasteiger partial charge in [-0.05, 0) is 36.9 Å². The lowest BCUT2D eigenvalue weighted by Crippen LogP contribution is -2.09. The quantitative estimate of drug-likeness (QED) is 0.808. The minimum Gasteiger partial charge on any atom is -0.330 e. The summed E-state index contributed by atoms with van der Waals surface area (Å²) in [7, 11) is 0. The second-order valence-corrected chi connectivity index (χ2v) is 4.92. The van der Waals surface area contributed by atoms with Gasteiger partial charge >= 0.3 is 0 Å². The standard InChI is InChI=1S/C15H21NO/c16-10-9-15(17)14-8-4-7-13(11-14)12-5-2-1-3-6-12/h4,7-8,11-12H,1-3,5-6,9-10,16H2. The highest BCUT2D eigenvalue weighted by molar-refractivity contribution is 5.96. The van der Waals surface area contributed by atoms with Gasteiger partial charge in [0.1, 0.15) is 0 Å². The average molecular weight is 231 g/mol. The third kappa shape index (κ3) is 3.16. The Bertz CT molecular complexity index is 380. The van der Waals surface area contributed by atoms with Crippen molar-refractivity contribution in [3.05, 3.63) is 35.4 Å². The van der Waals surface area contributed by atoms with E-state index in [4.69, 9.17) is 5.73 Å². The van der Waals surface area contributed by atoms with Crippen molar-refractivity contribution >= 4 is 5.78 Å². The normalized spacial score (nSPS) is 17.0. The van der Waals surface area contributed by atoms with Gasteiger partial charge in [0, 0.05) is 12.0 Å². The Hall–Kier alpha value is -1.15. The molecule has 1 aliphatic carbocycles. The molecule has 2 nitrogen and oxygen atoms in total. The molecule has 0 aliphatic heterocycles. The molecule has 0 saturated heterocycles. The number of carbonyl (C=O) groups excluding carboxylic acids is 1. The molecule has 0 heterocycles. The van der Waals surface area contributed by atoms with Crippen LogP contribution in [0.4, 0.5) is 0 Å². The summed E-state index contributed by atoms with van der Waals surface area (Å²) in [6, 6.07) is 8.15. The lowest BCUT2D eigenvalue weighted by Gasteiger charge is -2.22. The molecule has 0 unspecified atom stereocenters. The molecule has 0 amide bonds. The van der Waals surface area contributed by atoms with Gasteiger partial charge in [-0.15, -0.1) is 0 Å². The van der Waals surface area contributed by atoms with E-state index in [2.05, 4.69) is 12.1 Å². The summed E-state index contributed by atoms with van der Waals surface area (Å²) in [5.41, 5.74) is 7.60. The van der Waals surface area contributed by atoms with Crippen LogP contribution in [0.5, 0.6) is 0 Å². The number of hydrogen-bond acceptors (Lipinski definition) is 2. The molecule has 0 spiro atoms. The van der Waals surface area contributed by atoms with Crippen molar-refractivity contribution in [2.45, 2.75) is 44.4 Å². The molecule has 17 heavy (non-hydrogen) atoms. The van der Waals surface area contributed by atoms with Crippen LogP contribution in [0.1, 0.15) is 60.4 Å². The van der Waals surface area contributed by atoms with Crippen LogP contribution in [0.2, 0.25) is 0 Å². The number of nitrogens with two attached hydrogens (primary N) is 1. The maximum absolute atomic E-state index is 11.8. The Morgan fingerprint density at radius 2 is 2.00 bits per heavy atom. The average Bonchev–Trinajstić information content (AvgIpc) is 2.40. The summed E-state index contributed by atoms with van der Waals surface area (Å²) >= 11 is 0.